The summed E-state index contributed by atoms with van der Waals surface area (Å²) in [5, 5.41) is 21.1. The summed E-state index contributed by atoms with van der Waals surface area (Å²) in [7, 11) is -3.43. The third kappa shape index (κ3) is 3.68. The molecule has 7 heteroatoms. The van der Waals surface area contributed by atoms with Crippen LogP contribution < -0.4 is 4.72 Å². The van der Waals surface area contributed by atoms with Crippen molar-refractivity contribution in [3.05, 3.63) is 41.3 Å². The maximum absolute atomic E-state index is 12.2. The van der Waals surface area contributed by atoms with Crippen LogP contribution in [0.3, 0.4) is 0 Å². The second kappa shape index (κ2) is 6.51. The van der Waals surface area contributed by atoms with E-state index in [4.69, 9.17) is 0 Å². The predicted molar refractivity (Wildman–Crippen MR) is 89.4 cm³/mol. The van der Waals surface area contributed by atoms with Gasteiger partial charge in [0.1, 0.15) is 15.7 Å². The van der Waals surface area contributed by atoms with Crippen molar-refractivity contribution in [3.63, 3.8) is 0 Å². The number of phenols is 2. The first-order valence-corrected chi connectivity index (χ1v) is 9.90. The lowest BCUT2D eigenvalue weighted by Crippen LogP contribution is -2.37. The van der Waals surface area contributed by atoms with Crippen molar-refractivity contribution in [2.45, 2.75) is 41.9 Å². The van der Waals surface area contributed by atoms with Gasteiger partial charge in [-0.3, -0.25) is 0 Å². The number of thiophene rings is 1. The summed E-state index contributed by atoms with van der Waals surface area (Å²) in [5.74, 6) is 0.342. The minimum atomic E-state index is -3.43. The van der Waals surface area contributed by atoms with E-state index in [0.29, 0.717) is 4.21 Å². The number of aromatic hydroxyl groups is 2. The first-order chi connectivity index (χ1) is 11.0. The Labute approximate surface area is 139 Å². The van der Waals surface area contributed by atoms with Gasteiger partial charge in [0, 0.05) is 12.1 Å². The minimum absolute atomic E-state index is 0.0450. The SMILES string of the molecule is O=S(=O)(N[C@H]1CC[C@@H](c2ccc(O)cc2O)CC1)c1cccs1. The first kappa shape index (κ1) is 16.3. The Kier molecular flexibility index (Phi) is 4.61. The van der Waals surface area contributed by atoms with E-state index in [9.17, 15) is 18.6 Å². The fourth-order valence-corrected chi connectivity index (χ4v) is 5.41. The molecule has 2 aromatic rings. The molecule has 0 unspecified atom stereocenters. The van der Waals surface area contributed by atoms with Gasteiger partial charge in [0.05, 0.1) is 0 Å². The second-order valence-electron chi connectivity index (χ2n) is 5.85. The van der Waals surface area contributed by atoms with Crippen molar-refractivity contribution < 1.29 is 18.6 Å². The van der Waals surface area contributed by atoms with Crippen molar-refractivity contribution in [1.29, 1.82) is 0 Å². The number of rotatable bonds is 4. The van der Waals surface area contributed by atoms with E-state index in [1.165, 1.54) is 17.4 Å². The van der Waals surface area contributed by atoms with E-state index in [0.717, 1.165) is 31.2 Å². The van der Waals surface area contributed by atoms with Gasteiger partial charge in [-0.25, -0.2) is 13.1 Å². The largest absolute Gasteiger partial charge is 0.508 e. The lowest BCUT2D eigenvalue weighted by Gasteiger charge is -2.29. The van der Waals surface area contributed by atoms with Crippen LogP contribution in [0.25, 0.3) is 0 Å². The van der Waals surface area contributed by atoms with Crippen LogP contribution in [0.2, 0.25) is 0 Å². The summed E-state index contributed by atoms with van der Waals surface area (Å²) in [6.45, 7) is 0. The average molecular weight is 353 g/mol. The standard InChI is InChI=1S/C16H19NO4S2/c18-13-7-8-14(15(19)10-13)11-3-5-12(6-4-11)17-23(20,21)16-2-1-9-22-16/h1-2,7-12,17-19H,3-6H2/t11-,12+. The molecule has 5 nitrogen and oxygen atoms in total. The highest BCUT2D eigenvalue weighted by Crippen LogP contribution is 2.38. The summed E-state index contributed by atoms with van der Waals surface area (Å²) < 4.78 is 27.6. The molecule has 0 aliphatic heterocycles. The van der Waals surface area contributed by atoms with Gasteiger partial charge >= 0.3 is 0 Å². The van der Waals surface area contributed by atoms with Crippen molar-refractivity contribution in [1.82, 2.24) is 4.72 Å². The van der Waals surface area contributed by atoms with Gasteiger partial charge in [-0.05, 0) is 54.7 Å². The summed E-state index contributed by atoms with van der Waals surface area (Å²) in [6, 6.07) is 7.92. The molecule has 0 bridgehead atoms. The molecule has 0 spiro atoms. The van der Waals surface area contributed by atoms with Gasteiger partial charge in [-0.2, -0.15) is 0 Å². The fraction of sp³-hybridized carbons (Fsp3) is 0.375. The number of hydrogen-bond donors (Lipinski definition) is 3. The molecule has 1 fully saturated rings. The van der Waals surface area contributed by atoms with Crippen LogP contribution >= 0.6 is 11.3 Å². The molecular formula is C16H19NO4S2. The number of sulfonamides is 1. The van der Waals surface area contributed by atoms with Gasteiger partial charge < -0.3 is 10.2 Å². The summed E-state index contributed by atoms with van der Waals surface area (Å²) in [4.78, 5) is 0. The van der Waals surface area contributed by atoms with Crippen molar-refractivity contribution in [2.24, 2.45) is 0 Å². The molecule has 3 N–H and O–H groups in total. The minimum Gasteiger partial charge on any atom is -0.508 e. The Morgan fingerprint density at radius 2 is 1.83 bits per heavy atom. The Bertz CT molecular complexity index is 763. The molecule has 3 rings (SSSR count). The van der Waals surface area contributed by atoms with Gasteiger partial charge in [-0.15, -0.1) is 11.3 Å². The maximum Gasteiger partial charge on any atom is 0.250 e. The third-order valence-electron chi connectivity index (χ3n) is 4.26. The van der Waals surface area contributed by atoms with Gasteiger partial charge in [0.2, 0.25) is 10.0 Å². The molecule has 1 aromatic heterocycles. The number of phenolic OH excluding ortho intramolecular Hbond substituents is 2. The molecule has 1 heterocycles. The van der Waals surface area contributed by atoms with Gasteiger partial charge in [0.15, 0.2) is 0 Å². The Morgan fingerprint density at radius 3 is 2.43 bits per heavy atom. The Morgan fingerprint density at radius 1 is 1.09 bits per heavy atom. The first-order valence-electron chi connectivity index (χ1n) is 7.53. The van der Waals surface area contributed by atoms with Crippen LogP contribution in [0.15, 0.2) is 39.9 Å². The van der Waals surface area contributed by atoms with Crippen LogP contribution in [0.1, 0.15) is 37.2 Å². The quantitative estimate of drug-likeness (QED) is 0.788. The average Bonchev–Trinajstić information content (AvgIpc) is 3.03. The molecule has 0 amide bonds. The van der Waals surface area contributed by atoms with Crippen LogP contribution in [0, 0.1) is 0 Å². The molecule has 0 saturated heterocycles. The monoisotopic (exact) mass is 353 g/mol. The lowest BCUT2D eigenvalue weighted by molar-refractivity contribution is 0.363. The third-order valence-corrected chi connectivity index (χ3v) is 7.18. The van der Waals surface area contributed by atoms with Gasteiger partial charge in [0.25, 0.3) is 0 Å². The summed E-state index contributed by atoms with van der Waals surface area (Å²) in [6.07, 6.45) is 3.07. The molecule has 0 radical (unpaired) electrons. The Balaban J connectivity index is 1.62. The fourth-order valence-electron chi connectivity index (χ4n) is 3.09. The lowest BCUT2D eigenvalue weighted by atomic mass is 9.81. The van der Waals surface area contributed by atoms with Crippen LogP contribution in [-0.4, -0.2) is 24.7 Å². The topological polar surface area (TPSA) is 86.6 Å². The predicted octanol–water partition coefficient (Wildman–Crippen LogP) is 3.16. The molecule has 1 aromatic carbocycles. The van der Waals surface area contributed by atoms with Crippen LogP contribution in [0.4, 0.5) is 0 Å². The summed E-state index contributed by atoms with van der Waals surface area (Å²) in [5.41, 5.74) is 0.822. The maximum atomic E-state index is 12.2. The molecule has 1 saturated carbocycles. The molecule has 124 valence electrons. The van der Waals surface area contributed by atoms with E-state index in [1.807, 2.05) is 0 Å². The van der Waals surface area contributed by atoms with Crippen molar-refractivity contribution >= 4 is 21.4 Å². The zero-order valence-corrected chi connectivity index (χ0v) is 14.1. The number of benzene rings is 1. The highest BCUT2D eigenvalue weighted by atomic mass is 32.2. The van der Waals surface area contributed by atoms with Crippen LogP contribution in [0.5, 0.6) is 11.5 Å². The molecule has 0 atom stereocenters. The number of nitrogens with one attached hydrogen (secondary N) is 1. The molecule has 1 aliphatic rings. The van der Waals surface area contributed by atoms with Crippen molar-refractivity contribution in [3.8, 4) is 11.5 Å². The smallest absolute Gasteiger partial charge is 0.250 e. The normalized spacial score (nSPS) is 22.1. The van der Waals surface area contributed by atoms with Crippen molar-refractivity contribution in [2.75, 3.05) is 0 Å². The van der Waals surface area contributed by atoms with Gasteiger partial charge in [-0.1, -0.05) is 12.1 Å². The van der Waals surface area contributed by atoms with E-state index < -0.39 is 10.0 Å². The number of hydrogen-bond acceptors (Lipinski definition) is 5. The molecule has 23 heavy (non-hydrogen) atoms. The second-order valence-corrected chi connectivity index (χ2v) is 8.73. The van der Waals surface area contributed by atoms with E-state index in [-0.39, 0.29) is 23.5 Å². The zero-order chi connectivity index (χ0) is 16.4. The zero-order valence-electron chi connectivity index (χ0n) is 12.5. The molecule has 1 aliphatic carbocycles. The van der Waals surface area contributed by atoms with E-state index in [1.54, 1.807) is 29.6 Å². The van der Waals surface area contributed by atoms with E-state index in [2.05, 4.69) is 4.72 Å². The van der Waals surface area contributed by atoms with Crippen LogP contribution in [-0.2, 0) is 10.0 Å². The molecular weight excluding hydrogens is 334 g/mol. The Hall–Kier alpha value is -1.57. The van der Waals surface area contributed by atoms with E-state index >= 15 is 0 Å². The highest BCUT2D eigenvalue weighted by molar-refractivity contribution is 7.91. The summed E-state index contributed by atoms with van der Waals surface area (Å²) >= 11 is 1.21. The highest BCUT2D eigenvalue weighted by Gasteiger charge is 2.28.